The Hall–Kier alpha value is -2.41. The zero-order valence-corrected chi connectivity index (χ0v) is 14.1. The summed E-state index contributed by atoms with van der Waals surface area (Å²) in [4.78, 5) is 28.6. The summed E-state index contributed by atoms with van der Waals surface area (Å²) in [5, 5.41) is 12.4. The van der Waals surface area contributed by atoms with Gasteiger partial charge in [0.25, 0.3) is 0 Å². The van der Waals surface area contributed by atoms with E-state index in [0.717, 1.165) is 12.8 Å². The van der Waals surface area contributed by atoms with Gasteiger partial charge in [0.1, 0.15) is 18.3 Å². The number of aromatic hydroxyl groups is 1. The van der Waals surface area contributed by atoms with Crippen molar-refractivity contribution in [3.8, 4) is 5.75 Å². The number of rotatable bonds is 5. The Morgan fingerprint density at radius 2 is 2.32 bits per heavy atom. The minimum atomic E-state index is -0.717. The van der Waals surface area contributed by atoms with Crippen molar-refractivity contribution in [3.05, 3.63) is 29.8 Å². The molecule has 0 aliphatic carbocycles. The number of benzene rings is 1. The van der Waals surface area contributed by atoms with E-state index in [4.69, 9.17) is 9.47 Å². The van der Waals surface area contributed by atoms with Gasteiger partial charge in [-0.3, -0.25) is 4.79 Å². The maximum atomic E-state index is 12.7. The number of phenols is 1. The Morgan fingerprint density at radius 3 is 3.00 bits per heavy atom. The molecule has 7 nitrogen and oxygen atoms in total. The van der Waals surface area contributed by atoms with Crippen molar-refractivity contribution in [1.29, 1.82) is 0 Å². The Morgan fingerprint density at radius 1 is 1.48 bits per heavy atom. The number of urea groups is 1. The predicted octanol–water partition coefficient (Wildman–Crippen LogP) is 2.35. The molecule has 1 fully saturated rings. The van der Waals surface area contributed by atoms with Crippen LogP contribution in [0, 0.1) is 5.92 Å². The molecule has 25 heavy (non-hydrogen) atoms. The van der Waals surface area contributed by atoms with E-state index < -0.39 is 24.0 Å². The molecule has 2 aliphatic rings. The first-order valence-corrected chi connectivity index (χ1v) is 8.53. The number of carbonyl (C=O) groups is 2. The molecule has 0 bridgehead atoms. The van der Waals surface area contributed by atoms with E-state index in [1.54, 1.807) is 12.1 Å². The van der Waals surface area contributed by atoms with Gasteiger partial charge in [-0.1, -0.05) is 19.1 Å². The number of carbonyl (C=O) groups excluding carboxylic acids is 2. The second kappa shape index (κ2) is 7.65. The molecule has 1 saturated heterocycles. The van der Waals surface area contributed by atoms with Gasteiger partial charge in [0.15, 0.2) is 0 Å². The second-order valence-electron chi connectivity index (χ2n) is 6.22. The summed E-state index contributed by atoms with van der Waals surface area (Å²) in [6.45, 7) is 2.74. The van der Waals surface area contributed by atoms with Crippen molar-refractivity contribution in [2.45, 2.75) is 38.3 Å². The number of amides is 2. The van der Waals surface area contributed by atoms with E-state index in [2.05, 4.69) is 10.3 Å². The number of ether oxygens (including phenoxy) is 2. The molecular formula is C18H22N2O5. The zero-order chi connectivity index (χ0) is 17.8. The smallest absolute Gasteiger partial charge is 0.341 e. The third kappa shape index (κ3) is 3.99. The van der Waals surface area contributed by atoms with Crippen LogP contribution < -0.4 is 5.32 Å². The van der Waals surface area contributed by atoms with Crippen molar-refractivity contribution in [1.82, 2.24) is 5.32 Å². The van der Waals surface area contributed by atoms with Gasteiger partial charge in [-0.25, -0.2) is 9.79 Å². The van der Waals surface area contributed by atoms with E-state index in [1.807, 2.05) is 6.92 Å². The number of hydrogen-bond acceptors (Lipinski definition) is 5. The number of phenolic OH excluding ortho intramolecular Hbond substituents is 1. The van der Waals surface area contributed by atoms with Crippen LogP contribution in [0.1, 0.15) is 37.8 Å². The first-order valence-electron chi connectivity index (χ1n) is 8.53. The fourth-order valence-corrected chi connectivity index (χ4v) is 3.25. The summed E-state index contributed by atoms with van der Waals surface area (Å²) >= 11 is 0. The van der Waals surface area contributed by atoms with Crippen LogP contribution in [-0.2, 0) is 14.3 Å². The van der Waals surface area contributed by atoms with Crippen LogP contribution in [0.25, 0.3) is 0 Å². The monoisotopic (exact) mass is 346 g/mol. The Balaban J connectivity index is 1.82. The lowest BCUT2D eigenvalue weighted by molar-refractivity contribution is -0.150. The maximum absolute atomic E-state index is 12.7. The van der Waals surface area contributed by atoms with E-state index in [0.29, 0.717) is 24.3 Å². The summed E-state index contributed by atoms with van der Waals surface area (Å²) in [7, 11) is 0. The first-order chi connectivity index (χ1) is 12.1. The normalized spacial score (nSPS) is 26.0. The van der Waals surface area contributed by atoms with Crippen molar-refractivity contribution in [2.24, 2.45) is 10.9 Å². The minimum Gasteiger partial charge on any atom is -0.508 e. The minimum absolute atomic E-state index is 0.0663. The number of esters is 1. The highest BCUT2D eigenvalue weighted by atomic mass is 16.6. The van der Waals surface area contributed by atoms with E-state index in [-0.39, 0.29) is 18.5 Å². The number of nitrogens with zero attached hydrogens (tertiary/aromatic N) is 1. The average Bonchev–Trinajstić information content (AvgIpc) is 3.12. The molecule has 0 aromatic heterocycles. The van der Waals surface area contributed by atoms with Crippen LogP contribution in [0.2, 0.25) is 0 Å². The van der Waals surface area contributed by atoms with Crippen LogP contribution in [0.3, 0.4) is 0 Å². The van der Waals surface area contributed by atoms with Crippen LogP contribution in [0.4, 0.5) is 4.79 Å². The number of hydrogen-bond donors (Lipinski definition) is 2. The Bertz CT molecular complexity index is 682. The average molecular weight is 346 g/mol. The van der Waals surface area contributed by atoms with Gasteiger partial charge in [-0.2, -0.15) is 0 Å². The van der Waals surface area contributed by atoms with Gasteiger partial charge in [-0.15, -0.1) is 0 Å². The van der Waals surface area contributed by atoms with Gasteiger partial charge < -0.3 is 19.9 Å². The fourth-order valence-electron chi connectivity index (χ4n) is 3.25. The maximum Gasteiger partial charge on any atom is 0.341 e. The molecule has 3 rings (SSSR count). The molecule has 2 heterocycles. The zero-order valence-electron chi connectivity index (χ0n) is 14.1. The molecular weight excluding hydrogens is 324 g/mol. The number of aliphatic imine (C=N–C) groups is 1. The largest absolute Gasteiger partial charge is 0.508 e. The third-order valence-corrected chi connectivity index (χ3v) is 4.50. The molecule has 0 spiro atoms. The van der Waals surface area contributed by atoms with Gasteiger partial charge >= 0.3 is 12.0 Å². The van der Waals surface area contributed by atoms with Crippen LogP contribution in [-0.4, -0.2) is 42.1 Å². The lowest BCUT2D eigenvalue weighted by Crippen LogP contribution is -2.45. The van der Waals surface area contributed by atoms with Gasteiger partial charge in [0.2, 0.25) is 0 Å². The predicted molar refractivity (Wildman–Crippen MR) is 90.5 cm³/mol. The SMILES string of the molecule is CCC1=NC(=O)NC(c2cccc(O)c2)C1C(=O)OCC1CCCO1. The third-order valence-electron chi connectivity index (χ3n) is 4.50. The highest BCUT2D eigenvalue weighted by Crippen LogP contribution is 2.31. The molecule has 7 heteroatoms. The summed E-state index contributed by atoms with van der Waals surface area (Å²) in [5.41, 5.74) is 1.11. The van der Waals surface area contributed by atoms with Crippen molar-refractivity contribution in [2.75, 3.05) is 13.2 Å². The molecule has 0 saturated carbocycles. The Labute approximate surface area is 146 Å². The molecule has 134 valence electrons. The summed E-state index contributed by atoms with van der Waals surface area (Å²) in [6, 6.07) is 5.38. The first kappa shape index (κ1) is 17.4. The summed E-state index contributed by atoms with van der Waals surface area (Å²) in [5.74, 6) is -1.09. The quantitative estimate of drug-likeness (QED) is 0.798. The number of nitrogens with one attached hydrogen (secondary N) is 1. The molecule has 1 aromatic carbocycles. The standard InChI is InChI=1S/C18H22N2O5/c1-2-14-15(17(22)25-10-13-7-4-8-24-13)16(20-18(23)19-14)11-5-3-6-12(21)9-11/h3,5-6,9,13,15-16,21H,2,4,7-8,10H2,1H3,(H,20,23). The highest BCUT2D eigenvalue weighted by molar-refractivity contribution is 6.09. The van der Waals surface area contributed by atoms with Crippen LogP contribution in [0.15, 0.2) is 29.3 Å². The van der Waals surface area contributed by atoms with Crippen molar-refractivity contribution in [3.63, 3.8) is 0 Å². The van der Waals surface area contributed by atoms with Crippen LogP contribution in [0.5, 0.6) is 5.75 Å². The van der Waals surface area contributed by atoms with Gasteiger partial charge in [0, 0.05) is 12.3 Å². The highest BCUT2D eigenvalue weighted by Gasteiger charge is 2.39. The summed E-state index contributed by atoms with van der Waals surface area (Å²) in [6.07, 6.45) is 2.24. The molecule has 3 atom stereocenters. The lowest BCUT2D eigenvalue weighted by Gasteiger charge is -2.31. The van der Waals surface area contributed by atoms with Crippen LogP contribution >= 0.6 is 0 Å². The van der Waals surface area contributed by atoms with E-state index >= 15 is 0 Å². The van der Waals surface area contributed by atoms with E-state index in [1.165, 1.54) is 12.1 Å². The molecule has 2 N–H and O–H groups in total. The second-order valence-corrected chi connectivity index (χ2v) is 6.22. The van der Waals surface area contributed by atoms with Gasteiger partial charge in [-0.05, 0) is 37.0 Å². The topological polar surface area (TPSA) is 97.2 Å². The lowest BCUT2D eigenvalue weighted by atomic mass is 9.86. The summed E-state index contributed by atoms with van der Waals surface area (Å²) < 4.78 is 10.9. The molecule has 2 aliphatic heterocycles. The molecule has 1 aromatic rings. The molecule has 2 amide bonds. The van der Waals surface area contributed by atoms with E-state index in [9.17, 15) is 14.7 Å². The molecule has 3 unspecified atom stereocenters. The van der Waals surface area contributed by atoms with Gasteiger partial charge in [0.05, 0.1) is 12.1 Å². The fraction of sp³-hybridized carbons (Fsp3) is 0.500. The Kier molecular flexibility index (Phi) is 5.33. The van der Waals surface area contributed by atoms with Crippen molar-refractivity contribution >= 4 is 17.7 Å². The molecule has 0 radical (unpaired) electrons. The van der Waals surface area contributed by atoms with Crippen molar-refractivity contribution < 1.29 is 24.2 Å².